The molecule has 0 radical (unpaired) electrons. The third-order valence-corrected chi connectivity index (χ3v) is 3.15. The Kier molecular flexibility index (Phi) is 3.75. The van der Waals surface area contributed by atoms with E-state index in [4.69, 9.17) is 0 Å². The second-order valence-electron chi connectivity index (χ2n) is 4.51. The average molecular weight is 273 g/mol. The molecule has 1 aliphatic heterocycles. The molecule has 1 amide bonds. The molecule has 0 N–H and O–H groups in total. The molecule has 0 bridgehead atoms. The fourth-order valence-electron chi connectivity index (χ4n) is 1.99. The van der Waals surface area contributed by atoms with E-state index in [9.17, 15) is 18.0 Å². The highest BCUT2D eigenvalue weighted by atomic mass is 19.4. The number of halogens is 3. The summed E-state index contributed by atoms with van der Waals surface area (Å²) < 4.78 is 38.5. The number of pyridine rings is 1. The molecule has 0 aliphatic carbocycles. The maximum Gasteiger partial charge on any atom is 0.417 e. The highest BCUT2D eigenvalue weighted by molar-refractivity contribution is 5.95. The molecule has 104 valence electrons. The summed E-state index contributed by atoms with van der Waals surface area (Å²) in [5.74, 6) is -0.603. The Balaban J connectivity index is 2.24. The van der Waals surface area contributed by atoms with Gasteiger partial charge in [0, 0.05) is 38.6 Å². The summed E-state index contributed by atoms with van der Waals surface area (Å²) in [4.78, 5) is 19.2. The predicted octanol–water partition coefficient (Wildman–Crippen LogP) is 1.49. The molecule has 19 heavy (non-hydrogen) atoms. The van der Waals surface area contributed by atoms with Crippen LogP contribution in [-0.2, 0) is 6.18 Å². The zero-order valence-electron chi connectivity index (χ0n) is 10.4. The number of piperazine rings is 1. The van der Waals surface area contributed by atoms with Gasteiger partial charge in [-0.05, 0) is 13.1 Å². The molecule has 7 heteroatoms. The first-order chi connectivity index (χ1) is 8.89. The highest BCUT2D eigenvalue weighted by Gasteiger charge is 2.36. The van der Waals surface area contributed by atoms with Gasteiger partial charge in [0.15, 0.2) is 0 Å². The van der Waals surface area contributed by atoms with E-state index in [-0.39, 0.29) is 5.56 Å². The smallest absolute Gasteiger partial charge is 0.336 e. The minimum atomic E-state index is -4.54. The van der Waals surface area contributed by atoms with Crippen LogP contribution in [0.4, 0.5) is 13.2 Å². The first-order valence-electron chi connectivity index (χ1n) is 5.88. The summed E-state index contributed by atoms with van der Waals surface area (Å²) in [7, 11) is 1.91. The van der Waals surface area contributed by atoms with Crippen molar-refractivity contribution in [2.75, 3.05) is 33.2 Å². The number of rotatable bonds is 1. The topological polar surface area (TPSA) is 36.4 Å². The lowest BCUT2D eigenvalue weighted by molar-refractivity contribution is -0.138. The molecule has 0 aromatic carbocycles. The van der Waals surface area contributed by atoms with E-state index in [1.165, 1.54) is 4.90 Å². The number of likely N-dealkylation sites (N-methyl/N-ethyl adjacent to an activating group) is 1. The second-order valence-corrected chi connectivity index (χ2v) is 4.51. The summed E-state index contributed by atoms with van der Waals surface area (Å²) in [6.45, 7) is 2.18. The van der Waals surface area contributed by atoms with Gasteiger partial charge in [-0.3, -0.25) is 9.78 Å². The van der Waals surface area contributed by atoms with Crippen LogP contribution in [0.15, 0.2) is 18.5 Å². The van der Waals surface area contributed by atoms with Crippen molar-refractivity contribution in [2.45, 2.75) is 6.18 Å². The lowest BCUT2D eigenvalue weighted by Gasteiger charge is -2.32. The Hall–Kier alpha value is -1.63. The third-order valence-electron chi connectivity index (χ3n) is 3.15. The average Bonchev–Trinajstić information content (AvgIpc) is 2.38. The van der Waals surface area contributed by atoms with Crippen molar-refractivity contribution in [2.24, 2.45) is 0 Å². The zero-order valence-corrected chi connectivity index (χ0v) is 10.4. The fourth-order valence-corrected chi connectivity index (χ4v) is 1.99. The Morgan fingerprint density at radius 1 is 1.26 bits per heavy atom. The summed E-state index contributed by atoms with van der Waals surface area (Å²) in [6.07, 6.45) is -2.51. The third kappa shape index (κ3) is 3.04. The fraction of sp³-hybridized carbons (Fsp3) is 0.500. The first-order valence-corrected chi connectivity index (χ1v) is 5.88. The first kappa shape index (κ1) is 13.8. The molecule has 1 fully saturated rings. The standard InChI is InChI=1S/C12H14F3N3O/c1-17-4-6-18(7-5-17)11(19)9-8-16-3-2-10(9)12(13,14)15/h2-3,8H,4-7H2,1H3. The van der Waals surface area contributed by atoms with Crippen molar-refractivity contribution in [1.82, 2.24) is 14.8 Å². The van der Waals surface area contributed by atoms with Crippen LogP contribution in [0.25, 0.3) is 0 Å². The van der Waals surface area contributed by atoms with Gasteiger partial charge in [0.1, 0.15) is 0 Å². The van der Waals surface area contributed by atoms with Gasteiger partial charge in [0.2, 0.25) is 0 Å². The Morgan fingerprint density at radius 2 is 1.89 bits per heavy atom. The number of nitrogens with zero attached hydrogens (tertiary/aromatic N) is 3. The van der Waals surface area contributed by atoms with E-state index in [0.717, 1.165) is 18.5 Å². The number of carbonyl (C=O) groups excluding carboxylic acids is 1. The van der Waals surface area contributed by atoms with Gasteiger partial charge in [-0.1, -0.05) is 0 Å². The number of amides is 1. The largest absolute Gasteiger partial charge is 0.417 e. The maximum absolute atomic E-state index is 12.8. The number of hydrogen-bond acceptors (Lipinski definition) is 3. The maximum atomic E-state index is 12.8. The quantitative estimate of drug-likeness (QED) is 0.778. The van der Waals surface area contributed by atoms with Crippen LogP contribution in [0, 0.1) is 0 Å². The van der Waals surface area contributed by atoms with E-state index in [0.29, 0.717) is 26.2 Å². The van der Waals surface area contributed by atoms with Crippen LogP contribution in [0.1, 0.15) is 15.9 Å². The van der Waals surface area contributed by atoms with E-state index >= 15 is 0 Å². The molecule has 2 rings (SSSR count). The summed E-state index contributed by atoms with van der Waals surface area (Å²) in [5.41, 5.74) is -1.30. The van der Waals surface area contributed by atoms with Crippen LogP contribution in [-0.4, -0.2) is 53.9 Å². The Bertz CT molecular complexity index is 468. The zero-order chi connectivity index (χ0) is 14.0. The van der Waals surface area contributed by atoms with Crippen LogP contribution >= 0.6 is 0 Å². The lowest BCUT2D eigenvalue weighted by atomic mass is 10.1. The van der Waals surface area contributed by atoms with E-state index in [1.807, 2.05) is 11.9 Å². The van der Waals surface area contributed by atoms with Crippen molar-refractivity contribution in [3.8, 4) is 0 Å². The molecule has 1 aromatic rings. The molecule has 1 aliphatic rings. The van der Waals surface area contributed by atoms with E-state index in [1.54, 1.807) is 0 Å². The molecule has 1 saturated heterocycles. The van der Waals surface area contributed by atoms with Crippen molar-refractivity contribution >= 4 is 5.91 Å². The molecule has 2 heterocycles. The van der Waals surface area contributed by atoms with Gasteiger partial charge in [0.25, 0.3) is 5.91 Å². The number of aromatic nitrogens is 1. The van der Waals surface area contributed by atoms with Gasteiger partial charge < -0.3 is 9.80 Å². The molecular formula is C12H14F3N3O. The van der Waals surface area contributed by atoms with Crippen LogP contribution in [0.5, 0.6) is 0 Å². The van der Waals surface area contributed by atoms with E-state index < -0.39 is 17.6 Å². The lowest BCUT2D eigenvalue weighted by Crippen LogP contribution is -2.47. The van der Waals surface area contributed by atoms with Crippen molar-refractivity contribution in [3.63, 3.8) is 0 Å². The highest BCUT2D eigenvalue weighted by Crippen LogP contribution is 2.32. The SMILES string of the molecule is CN1CCN(C(=O)c2cnccc2C(F)(F)F)CC1. The minimum Gasteiger partial charge on any atom is -0.336 e. The van der Waals surface area contributed by atoms with Gasteiger partial charge in [0.05, 0.1) is 11.1 Å². The minimum absolute atomic E-state index is 0.375. The Labute approximate surface area is 108 Å². The molecule has 1 aromatic heterocycles. The van der Waals surface area contributed by atoms with Crippen LogP contribution in [0.3, 0.4) is 0 Å². The number of carbonyl (C=O) groups is 1. The van der Waals surface area contributed by atoms with Crippen molar-refractivity contribution in [1.29, 1.82) is 0 Å². The predicted molar refractivity (Wildman–Crippen MR) is 62.6 cm³/mol. The van der Waals surface area contributed by atoms with Gasteiger partial charge in [-0.15, -0.1) is 0 Å². The monoisotopic (exact) mass is 273 g/mol. The molecule has 4 nitrogen and oxygen atoms in total. The molecular weight excluding hydrogens is 259 g/mol. The normalized spacial score (nSPS) is 17.6. The molecule has 0 spiro atoms. The summed E-state index contributed by atoms with van der Waals surface area (Å²) >= 11 is 0. The van der Waals surface area contributed by atoms with Crippen LogP contribution in [0.2, 0.25) is 0 Å². The van der Waals surface area contributed by atoms with Gasteiger partial charge in [-0.25, -0.2) is 0 Å². The Morgan fingerprint density at radius 3 is 2.47 bits per heavy atom. The molecule has 0 unspecified atom stereocenters. The summed E-state index contributed by atoms with van der Waals surface area (Å²) in [6, 6.07) is 0.837. The number of alkyl halides is 3. The second kappa shape index (κ2) is 5.16. The van der Waals surface area contributed by atoms with Crippen LogP contribution < -0.4 is 0 Å². The molecule has 0 atom stereocenters. The number of hydrogen-bond donors (Lipinski definition) is 0. The molecule has 0 saturated carbocycles. The van der Waals surface area contributed by atoms with Gasteiger partial charge >= 0.3 is 6.18 Å². The van der Waals surface area contributed by atoms with Crippen molar-refractivity contribution in [3.05, 3.63) is 29.6 Å². The van der Waals surface area contributed by atoms with Crippen molar-refractivity contribution < 1.29 is 18.0 Å². The van der Waals surface area contributed by atoms with E-state index in [2.05, 4.69) is 4.98 Å². The van der Waals surface area contributed by atoms with Gasteiger partial charge in [-0.2, -0.15) is 13.2 Å². The summed E-state index contributed by atoms with van der Waals surface area (Å²) in [5, 5.41) is 0.